The second-order valence-corrected chi connectivity index (χ2v) is 4.55. The van der Waals surface area contributed by atoms with E-state index in [1.165, 1.54) is 5.56 Å². The molecule has 0 aliphatic heterocycles. The van der Waals surface area contributed by atoms with Crippen molar-refractivity contribution in [1.82, 2.24) is 4.90 Å². The fourth-order valence-electron chi connectivity index (χ4n) is 1.61. The number of aryl methyl sites for hydroxylation is 1. The van der Waals surface area contributed by atoms with Crippen molar-refractivity contribution >= 4 is 5.91 Å². The van der Waals surface area contributed by atoms with Crippen LogP contribution in [0.5, 0.6) is 5.75 Å². The summed E-state index contributed by atoms with van der Waals surface area (Å²) in [4.78, 5) is 13.4. The lowest BCUT2D eigenvalue weighted by atomic mass is 10.2. The zero-order valence-corrected chi connectivity index (χ0v) is 11.6. The molecular weight excluding hydrogens is 240 g/mol. The van der Waals surface area contributed by atoms with Gasteiger partial charge in [-0.2, -0.15) is 0 Å². The van der Waals surface area contributed by atoms with Crippen molar-refractivity contribution in [1.29, 1.82) is 0 Å². The smallest absolute Gasteiger partial charge is 0.239 e. The molecule has 1 unspecified atom stereocenters. The van der Waals surface area contributed by atoms with E-state index in [4.69, 9.17) is 10.5 Å². The lowest BCUT2D eigenvalue weighted by molar-refractivity contribution is -0.131. The lowest BCUT2D eigenvalue weighted by Gasteiger charge is -2.20. The summed E-state index contributed by atoms with van der Waals surface area (Å²) in [5, 5.41) is 0. The van der Waals surface area contributed by atoms with Crippen molar-refractivity contribution < 1.29 is 9.53 Å². The number of carbonyl (C=O) groups is 1. The summed E-state index contributed by atoms with van der Waals surface area (Å²) in [7, 11) is 1.73. The molecule has 104 valence electrons. The SMILES string of the molecule is C=CCC(N)C(=O)N(C)CCOc1ccc(C)cc1. The normalized spacial score (nSPS) is 11.7. The van der Waals surface area contributed by atoms with Gasteiger partial charge in [-0.1, -0.05) is 23.8 Å². The van der Waals surface area contributed by atoms with Crippen molar-refractivity contribution in [2.75, 3.05) is 20.2 Å². The number of likely N-dealkylation sites (N-methyl/N-ethyl adjacent to an activating group) is 1. The van der Waals surface area contributed by atoms with Gasteiger partial charge in [0.25, 0.3) is 0 Å². The number of hydrogen-bond acceptors (Lipinski definition) is 3. The molecule has 2 N–H and O–H groups in total. The summed E-state index contributed by atoms with van der Waals surface area (Å²) in [6.45, 7) is 6.56. The standard InChI is InChI=1S/C15H22N2O2/c1-4-5-14(16)15(18)17(3)10-11-19-13-8-6-12(2)7-9-13/h4,6-9,14H,1,5,10-11,16H2,2-3H3. The van der Waals surface area contributed by atoms with Crippen LogP contribution >= 0.6 is 0 Å². The second-order valence-electron chi connectivity index (χ2n) is 4.55. The molecule has 19 heavy (non-hydrogen) atoms. The molecule has 1 atom stereocenters. The minimum absolute atomic E-state index is 0.0904. The van der Waals surface area contributed by atoms with Gasteiger partial charge in [0.2, 0.25) is 5.91 Å². The van der Waals surface area contributed by atoms with Crippen molar-refractivity contribution in [2.24, 2.45) is 5.73 Å². The number of hydrogen-bond donors (Lipinski definition) is 1. The fourth-order valence-corrected chi connectivity index (χ4v) is 1.61. The third kappa shape index (κ3) is 5.14. The molecule has 1 aromatic carbocycles. The summed E-state index contributed by atoms with van der Waals surface area (Å²) in [6.07, 6.45) is 2.14. The van der Waals surface area contributed by atoms with Gasteiger partial charge in [0.15, 0.2) is 0 Å². The first-order valence-corrected chi connectivity index (χ1v) is 6.35. The summed E-state index contributed by atoms with van der Waals surface area (Å²) in [5.41, 5.74) is 6.91. The lowest BCUT2D eigenvalue weighted by Crippen LogP contribution is -2.42. The highest BCUT2D eigenvalue weighted by Gasteiger charge is 2.16. The van der Waals surface area contributed by atoms with E-state index in [-0.39, 0.29) is 5.91 Å². The molecule has 1 rings (SSSR count). The molecule has 0 aliphatic rings. The largest absolute Gasteiger partial charge is 0.492 e. The van der Waals surface area contributed by atoms with Crippen molar-refractivity contribution in [3.63, 3.8) is 0 Å². The number of carbonyl (C=O) groups excluding carboxylic acids is 1. The predicted octanol–water partition coefficient (Wildman–Crippen LogP) is 1.74. The Morgan fingerprint density at radius 1 is 1.47 bits per heavy atom. The summed E-state index contributed by atoms with van der Waals surface area (Å²) in [6, 6.07) is 7.30. The topological polar surface area (TPSA) is 55.6 Å². The van der Waals surface area contributed by atoms with Crippen LogP contribution in [0, 0.1) is 6.92 Å². The molecule has 0 saturated heterocycles. The number of nitrogens with zero attached hydrogens (tertiary/aromatic N) is 1. The molecule has 0 aliphatic carbocycles. The second kappa shape index (κ2) is 7.59. The van der Waals surface area contributed by atoms with Gasteiger partial charge in [-0.05, 0) is 25.5 Å². The van der Waals surface area contributed by atoms with Crippen molar-refractivity contribution in [2.45, 2.75) is 19.4 Å². The van der Waals surface area contributed by atoms with E-state index in [1.807, 2.05) is 31.2 Å². The predicted molar refractivity (Wildman–Crippen MR) is 77.1 cm³/mol. The van der Waals surface area contributed by atoms with Gasteiger partial charge in [-0.25, -0.2) is 0 Å². The van der Waals surface area contributed by atoms with E-state index in [1.54, 1.807) is 18.0 Å². The monoisotopic (exact) mass is 262 g/mol. The molecule has 0 bridgehead atoms. The molecule has 0 spiro atoms. The van der Waals surface area contributed by atoms with Gasteiger partial charge in [-0.15, -0.1) is 6.58 Å². The molecular formula is C15H22N2O2. The maximum atomic E-state index is 11.8. The Balaban J connectivity index is 2.34. The van der Waals surface area contributed by atoms with Crippen LogP contribution in [0.2, 0.25) is 0 Å². The van der Waals surface area contributed by atoms with Gasteiger partial charge in [0, 0.05) is 7.05 Å². The molecule has 1 amide bonds. The van der Waals surface area contributed by atoms with Crippen LogP contribution in [0.15, 0.2) is 36.9 Å². The number of ether oxygens (including phenoxy) is 1. The first-order valence-electron chi connectivity index (χ1n) is 6.35. The third-order valence-electron chi connectivity index (χ3n) is 2.83. The molecule has 0 heterocycles. The van der Waals surface area contributed by atoms with Crippen LogP contribution in [-0.2, 0) is 4.79 Å². The Bertz CT molecular complexity index is 415. The summed E-state index contributed by atoms with van der Waals surface area (Å²) < 4.78 is 5.57. The highest BCUT2D eigenvalue weighted by molar-refractivity contribution is 5.81. The van der Waals surface area contributed by atoms with E-state index in [2.05, 4.69) is 6.58 Å². The Labute approximate surface area is 114 Å². The molecule has 1 aromatic rings. The summed E-state index contributed by atoms with van der Waals surface area (Å²) in [5.74, 6) is 0.717. The number of amides is 1. The third-order valence-corrected chi connectivity index (χ3v) is 2.83. The number of rotatable bonds is 7. The molecule has 0 aromatic heterocycles. The van der Waals surface area contributed by atoms with Crippen LogP contribution in [0.1, 0.15) is 12.0 Å². The molecule has 4 nitrogen and oxygen atoms in total. The minimum atomic E-state index is -0.512. The van der Waals surface area contributed by atoms with Gasteiger partial charge in [-0.3, -0.25) is 4.79 Å². The van der Waals surface area contributed by atoms with Crippen LogP contribution in [-0.4, -0.2) is 37.0 Å². The Morgan fingerprint density at radius 2 is 2.11 bits per heavy atom. The van der Waals surface area contributed by atoms with E-state index < -0.39 is 6.04 Å². The molecule has 0 saturated carbocycles. The van der Waals surface area contributed by atoms with Crippen LogP contribution in [0.3, 0.4) is 0 Å². The maximum absolute atomic E-state index is 11.8. The van der Waals surface area contributed by atoms with Crippen LogP contribution < -0.4 is 10.5 Å². The van der Waals surface area contributed by atoms with E-state index >= 15 is 0 Å². The van der Waals surface area contributed by atoms with Crippen molar-refractivity contribution in [3.05, 3.63) is 42.5 Å². The van der Waals surface area contributed by atoms with Gasteiger partial charge >= 0.3 is 0 Å². The Kier molecular flexibility index (Phi) is 6.09. The highest BCUT2D eigenvalue weighted by atomic mass is 16.5. The molecule has 0 fully saturated rings. The van der Waals surface area contributed by atoms with E-state index in [0.717, 1.165) is 5.75 Å². The molecule has 4 heteroatoms. The zero-order valence-electron chi connectivity index (χ0n) is 11.6. The number of benzene rings is 1. The van der Waals surface area contributed by atoms with E-state index in [9.17, 15) is 4.79 Å². The fraction of sp³-hybridized carbons (Fsp3) is 0.400. The van der Waals surface area contributed by atoms with Crippen molar-refractivity contribution in [3.8, 4) is 5.75 Å². The average molecular weight is 262 g/mol. The van der Waals surface area contributed by atoms with Crippen LogP contribution in [0.4, 0.5) is 0 Å². The summed E-state index contributed by atoms with van der Waals surface area (Å²) >= 11 is 0. The first kappa shape index (κ1) is 15.2. The Morgan fingerprint density at radius 3 is 2.68 bits per heavy atom. The van der Waals surface area contributed by atoms with Gasteiger partial charge in [0.05, 0.1) is 12.6 Å². The maximum Gasteiger partial charge on any atom is 0.239 e. The van der Waals surface area contributed by atoms with E-state index in [0.29, 0.717) is 19.6 Å². The Hall–Kier alpha value is -1.81. The quantitative estimate of drug-likeness (QED) is 0.761. The highest BCUT2D eigenvalue weighted by Crippen LogP contribution is 2.11. The minimum Gasteiger partial charge on any atom is -0.492 e. The van der Waals surface area contributed by atoms with Gasteiger partial charge in [0.1, 0.15) is 12.4 Å². The van der Waals surface area contributed by atoms with Crippen LogP contribution in [0.25, 0.3) is 0 Å². The molecule has 0 radical (unpaired) electrons. The first-order chi connectivity index (χ1) is 9.04. The zero-order chi connectivity index (χ0) is 14.3. The average Bonchev–Trinajstić information content (AvgIpc) is 2.40. The number of nitrogens with two attached hydrogens (primary N) is 1. The van der Waals surface area contributed by atoms with Gasteiger partial charge < -0.3 is 15.4 Å².